The monoisotopic (exact) mass is 293 g/mol. The van der Waals surface area contributed by atoms with Gasteiger partial charge in [-0.3, -0.25) is 0 Å². The molecule has 1 aromatic heterocycles. The van der Waals surface area contributed by atoms with Crippen molar-refractivity contribution < 1.29 is 8.78 Å². The Labute approximate surface area is 121 Å². The average molecular weight is 293 g/mol. The number of nitrogens with two attached hydrogens (primary N) is 1. The molecule has 2 aromatic rings. The molecule has 0 fully saturated rings. The van der Waals surface area contributed by atoms with Crippen LogP contribution < -0.4 is 16.6 Å². The summed E-state index contributed by atoms with van der Waals surface area (Å²) in [6.07, 6.45) is 1.52. The van der Waals surface area contributed by atoms with Crippen LogP contribution in [0, 0.1) is 18.6 Å². The Balaban J connectivity index is 2.42. The minimum Gasteiger partial charge on any atom is -0.337 e. The normalized spacial score (nSPS) is 10.5. The number of nitrogens with one attached hydrogen (secondary N) is 2. The molecule has 1 heterocycles. The number of rotatable bonds is 5. The molecule has 0 saturated carbocycles. The van der Waals surface area contributed by atoms with Gasteiger partial charge in [0.2, 0.25) is 0 Å². The van der Waals surface area contributed by atoms with E-state index in [1.54, 1.807) is 6.92 Å². The van der Waals surface area contributed by atoms with E-state index in [0.29, 0.717) is 29.4 Å². The van der Waals surface area contributed by atoms with E-state index in [1.165, 1.54) is 0 Å². The fourth-order valence-corrected chi connectivity index (χ4v) is 1.88. The Morgan fingerprint density at radius 1 is 1.19 bits per heavy atom. The molecule has 7 heteroatoms. The Morgan fingerprint density at radius 2 is 1.90 bits per heavy atom. The number of hydrazine groups is 1. The lowest BCUT2D eigenvalue weighted by atomic mass is 10.2. The lowest BCUT2D eigenvalue weighted by Crippen LogP contribution is -2.14. The van der Waals surface area contributed by atoms with Crippen molar-refractivity contribution in [1.82, 2.24) is 9.97 Å². The molecule has 0 aliphatic carbocycles. The van der Waals surface area contributed by atoms with E-state index in [-0.39, 0.29) is 5.69 Å². The zero-order valence-corrected chi connectivity index (χ0v) is 11.9. The summed E-state index contributed by atoms with van der Waals surface area (Å²) in [4.78, 5) is 8.60. The third kappa shape index (κ3) is 3.43. The second-order valence-corrected chi connectivity index (χ2v) is 4.61. The Bertz CT molecular complexity index is 646. The lowest BCUT2D eigenvalue weighted by molar-refractivity contribution is 0.603. The summed E-state index contributed by atoms with van der Waals surface area (Å²) < 4.78 is 26.9. The maximum absolute atomic E-state index is 13.7. The van der Waals surface area contributed by atoms with Crippen molar-refractivity contribution in [2.75, 3.05) is 10.7 Å². The molecule has 0 bridgehead atoms. The van der Waals surface area contributed by atoms with Gasteiger partial charge in [-0.1, -0.05) is 6.92 Å². The maximum Gasteiger partial charge on any atom is 0.148 e. The third-order valence-corrected chi connectivity index (χ3v) is 2.98. The standard InChI is InChI=1S/C14H17F2N5/c1-3-4-12-19-13(8(2)14(20-12)21-17)18-11-7-9(15)5-6-10(11)16/h5-7H,3-4,17H2,1-2H3,(H2,18,19,20,21). The predicted octanol–water partition coefficient (Wildman–Crippen LogP) is 3.04. The van der Waals surface area contributed by atoms with E-state index in [9.17, 15) is 8.78 Å². The molecule has 0 saturated heterocycles. The highest BCUT2D eigenvalue weighted by Crippen LogP contribution is 2.25. The first kappa shape index (κ1) is 15.1. The van der Waals surface area contributed by atoms with Gasteiger partial charge in [0.1, 0.15) is 29.1 Å². The van der Waals surface area contributed by atoms with Gasteiger partial charge < -0.3 is 10.7 Å². The number of hydrogen-bond acceptors (Lipinski definition) is 5. The molecule has 0 unspecified atom stereocenters. The minimum atomic E-state index is -0.561. The highest BCUT2D eigenvalue weighted by Gasteiger charge is 2.12. The summed E-state index contributed by atoms with van der Waals surface area (Å²) in [5, 5.41) is 2.79. The number of halogens is 2. The fraction of sp³-hybridized carbons (Fsp3) is 0.286. The SMILES string of the molecule is CCCc1nc(NN)c(C)c(Nc2cc(F)ccc2F)n1. The molecule has 0 aliphatic rings. The van der Waals surface area contributed by atoms with Crippen molar-refractivity contribution >= 4 is 17.3 Å². The highest BCUT2D eigenvalue weighted by atomic mass is 19.1. The molecule has 5 nitrogen and oxygen atoms in total. The van der Waals surface area contributed by atoms with Crippen molar-refractivity contribution in [2.45, 2.75) is 26.7 Å². The fourth-order valence-electron chi connectivity index (χ4n) is 1.88. The van der Waals surface area contributed by atoms with E-state index in [4.69, 9.17) is 5.84 Å². The third-order valence-electron chi connectivity index (χ3n) is 2.98. The van der Waals surface area contributed by atoms with Gasteiger partial charge in [0.15, 0.2) is 0 Å². The smallest absolute Gasteiger partial charge is 0.148 e. The molecule has 21 heavy (non-hydrogen) atoms. The largest absolute Gasteiger partial charge is 0.337 e. The zero-order valence-electron chi connectivity index (χ0n) is 11.9. The second-order valence-electron chi connectivity index (χ2n) is 4.61. The van der Waals surface area contributed by atoms with E-state index in [0.717, 1.165) is 24.6 Å². The maximum atomic E-state index is 13.7. The van der Waals surface area contributed by atoms with Crippen LogP contribution in [0.15, 0.2) is 18.2 Å². The van der Waals surface area contributed by atoms with E-state index in [2.05, 4.69) is 20.7 Å². The van der Waals surface area contributed by atoms with Crippen molar-refractivity contribution in [1.29, 1.82) is 0 Å². The van der Waals surface area contributed by atoms with Gasteiger partial charge in [0, 0.05) is 18.1 Å². The van der Waals surface area contributed by atoms with Crippen LogP contribution in [0.4, 0.5) is 26.1 Å². The van der Waals surface area contributed by atoms with Gasteiger partial charge in [0.25, 0.3) is 0 Å². The molecule has 4 N–H and O–H groups in total. The van der Waals surface area contributed by atoms with Crippen LogP contribution in [0.25, 0.3) is 0 Å². The van der Waals surface area contributed by atoms with Gasteiger partial charge in [-0.25, -0.2) is 24.6 Å². The number of anilines is 3. The summed E-state index contributed by atoms with van der Waals surface area (Å²) in [6, 6.07) is 3.19. The summed E-state index contributed by atoms with van der Waals surface area (Å²) in [5.74, 6) is 5.76. The van der Waals surface area contributed by atoms with Crippen LogP contribution in [0.5, 0.6) is 0 Å². The lowest BCUT2D eigenvalue weighted by Gasteiger charge is -2.14. The first-order valence-corrected chi connectivity index (χ1v) is 6.61. The molecule has 0 radical (unpaired) electrons. The van der Waals surface area contributed by atoms with E-state index < -0.39 is 11.6 Å². The average Bonchev–Trinajstić information content (AvgIpc) is 2.46. The minimum absolute atomic E-state index is 0.0159. The molecule has 2 rings (SSSR count). The predicted molar refractivity (Wildman–Crippen MR) is 78.2 cm³/mol. The summed E-state index contributed by atoms with van der Waals surface area (Å²) in [7, 11) is 0. The van der Waals surface area contributed by atoms with Crippen molar-refractivity contribution in [3.05, 3.63) is 41.2 Å². The number of hydrogen-bond donors (Lipinski definition) is 3. The molecule has 0 aliphatic heterocycles. The number of benzene rings is 1. The molecular weight excluding hydrogens is 276 g/mol. The summed E-state index contributed by atoms with van der Waals surface area (Å²) in [5.41, 5.74) is 3.13. The molecule has 0 amide bonds. The number of nitrogen functional groups attached to an aromatic ring is 1. The Kier molecular flexibility index (Phi) is 4.64. The Hall–Kier alpha value is -2.28. The molecule has 0 spiro atoms. The highest BCUT2D eigenvalue weighted by molar-refractivity contribution is 5.64. The van der Waals surface area contributed by atoms with Gasteiger partial charge in [-0.15, -0.1) is 0 Å². The van der Waals surface area contributed by atoms with E-state index in [1.807, 2.05) is 6.92 Å². The second kappa shape index (κ2) is 6.45. The Morgan fingerprint density at radius 3 is 2.57 bits per heavy atom. The summed E-state index contributed by atoms with van der Waals surface area (Å²) >= 11 is 0. The number of aryl methyl sites for hydroxylation is 1. The number of aromatic nitrogens is 2. The van der Waals surface area contributed by atoms with Crippen molar-refractivity contribution in [3.8, 4) is 0 Å². The van der Waals surface area contributed by atoms with Crippen LogP contribution in [-0.4, -0.2) is 9.97 Å². The zero-order chi connectivity index (χ0) is 15.4. The van der Waals surface area contributed by atoms with Crippen molar-refractivity contribution in [3.63, 3.8) is 0 Å². The first-order chi connectivity index (χ1) is 10.0. The number of nitrogens with zero attached hydrogens (tertiary/aromatic N) is 2. The van der Waals surface area contributed by atoms with Crippen LogP contribution in [0.2, 0.25) is 0 Å². The van der Waals surface area contributed by atoms with Crippen LogP contribution >= 0.6 is 0 Å². The van der Waals surface area contributed by atoms with Gasteiger partial charge >= 0.3 is 0 Å². The molecular formula is C14H17F2N5. The van der Waals surface area contributed by atoms with Crippen molar-refractivity contribution in [2.24, 2.45) is 5.84 Å². The van der Waals surface area contributed by atoms with Crippen LogP contribution in [0.3, 0.4) is 0 Å². The molecule has 1 aromatic carbocycles. The van der Waals surface area contributed by atoms with Crippen LogP contribution in [0.1, 0.15) is 24.7 Å². The van der Waals surface area contributed by atoms with Gasteiger partial charge in [-0.05, 0) is 25.5 Å². The van der Waals surface area contributed by atoms with Gasteiger partial charge in [0.05, 0.1) is 5.69 Å². The topological polar surface area (TPSA) is 75.9 Å². The van der Waals surface area contributed by atoms with E-state index >= 15 is 0 Å². The summed E-state index contributed by atoms with van der Waals surface area (Å²) in [6.45, 7) is 3.74. The quantitative estimate of drug-likeness (QED) is 0.583. The van der Waals surface area contributed by atoms with Gasteiger partial charge in [-0.2, -0.15) is 0 Å². The molecule has 112 valence electrons. The molecule has 0 atom stereocenters. The van der Waals surface area contributed by atoms with Crippen LogP contribution in [-0.2, 0) is 6.42 Å². The first-order valence-electron chi connectivity index (χ1n) is 6.61.